The number of aryl methyl sites for hydroxylation is 1. The van der Waals surface area contributed by atoms with Crippen molar-refractivity contribution in [1.29, 1.82) is 0 Å². The second-order valence-electron chi connectivity index (χ2n) is 6.23. The van der Waals surface area contributed by atoms with Crippen molar-refractivity contribution in [3.05, 3.63) is 86.8 Å². The fraction of sp³-hybridized carbons (Fsp3) is 0.0909. The Labute approximate surface area is 160 Å². The van der Waals surface area contributed by atoms with Gasteiger partial charge in [0.1, 0.15) is 16.4 Å². The van der Waals surface area contributed by atoms with Gasteiger partial charge >= 0.3 is 5.97 Å². The van der Waals surface area contributed by atoms with Gasteiger partial charge in [0, 0.05) is 5.56 Å². The highest BCUT2D eigenvalue weighted by atomic mass is 32.1. The number of carbonyl (C=O) groups is 2. The van der Waals surface area contributed by atoms with Crippen LogP contribution in [-0.4, -0.2) is 11.8 Å². The average Bonchev–Trinajstić information content (AvgIpc) is 3.29. The zero-order chi connectivity index (χ0) is 19.0. The van der Waals surface area contributed by atoms with Crippen LogP contribution in [0.4, 0.5) is 0 Å². The summed E-state index contributed by atoms with van der Waals surface area (Å²) in [4.78, 5) is 25.4. The van der Waals surface area contributed by atoms with Gasteiger partial charge in [-0.15, -0.1) is 11.3 Å². The third-order valence-electron chi connectivity index (χ3n) is 4.44. The molecule has 27 heavy (non-hydrogen) atoms. The lowest BCUT2D eigenvalue weighted by Crippen LogP contribution is -2.07. The number of ketones is 1. The van der Waals surface area contributed by atoms with Gasteiger partial charge in [0.15, 0.2) is 5.76 Å². The Bertz CT molecular complexity index is 1080. The number of benzene rings is 2. The third-order valence-corrected chi connectivity index (χ3v) is 5.29. The summed E-state index contributed by atoms with van der Waals surface area (Å²) >= 11 is 1.32. The van der Waals surface area contributed by atoms with Crippen LogP contribution in [0.2, 0.25) is 0 Å². The molecule has 5 heteroatoms. The Kier molecular flexibility index (Phi) is 4.38. The minimum absolute atomic E-state index is 0.174. The molecule has 0 fully saturated rings. The largest absolute Gasteiger partial charge is 0.452 e. The van der Waals surface area contributed by atoms with Crippen LogP contribution in [0.3, 0.4) is 0 Å². The molecule has 4 nitrogen and oxygen atoms in total. The number of hydrogen-bond donors (Lipinski definition) is 0. The van der Waals surface area contributed by atoms with Crippen LogP contribution in [0.25, 0.3) is 6.08 Å². The molecule has 2 aromatic carbocycles. The summed E-state index contributed by atoms with van der Waals surface area (Å²) in [5.41, 5.74) is 3.08. The molecule has 0 radical (unpaired) electrons. The molecule has 134 valence electrons. The monoisotopic (exact) mass is 376 g/mol. The Hall–Kier alpha value is -3.18. The molecule has 0 aliphatic carbocycles. The molecule has 2 heterocycles. The smallest absolute Gasteiger partial charge is 0.353 e. The molecule has 0 spiro atoms. The number of carbonyl (C=O) groups excluding carboxylic acids is 2. The number of ether oxygens (including phenoxy) is 2. The van der Waals surface area contributed by atoms with Crippen molar-refractivity contribution in [3.8, 4) is 11.5 Å². The van der Waals surface area contributed by atoms with Crippen molar-refractivity contribution in [1.82, 2.24) is 0 Å². The minimum atomic E-state index is -0.423. The number of hydrogen-bond acceptors (Lipinski definition) is 5. The van der Waals surface area contributed by atoms with Gasteiger partial charge in [0.05, 0.1) is 5.56 Å². The molecule has 0 bridgehead atoms. The quantitative estimate of drug-likeness (QED) is 0.358. The average molecular weight is 376 g/mol. The fourth-order valence-corrected chi connectivity index (χ4v) is 3.51. The molecule has 0 amide bonds. The van der Waals surface area contributed by atoms with Crippen molar-refractivity contribution in [2.24, 2.45) is 0 Å². The molecular formula is C22H16O4S. The van der Waals surface area contributed by atoms with Crippen molar-refractivity contribution in [2.45, 2.75) is 13.8 Å². The van der Waals surface area contributed by atoms with Crippen LogP contribution >= 0.6 is 11.3 Å². The van der Waals surface area contributed by atoms with E-state index in [-0.39, 0.29) is 11.5 Å². The number of rotatable bonds is 3. The zero-order valence-electron chi connectivity index (χ0n) is 14.8. The molecule has 0 atom stereocenters. The topological polar surface area (TPSA) is 52.6 Å². The molecule has 0 N–H and O–H groups in total. The van der Waals surface area contributed by atoms with Crippen LogP contribution in [0.1, 0.15) is 36.7 Å². The Morgan fingerprint density at radius 3 is 2.63 bits per heavy atom. The summed E-state index contributed by atoms with van der Waals surface area (Å²) in [6.45, 7) is 3.76. The maximum atomic E-state index is 12.7. The van der Waals surface area contributed by atoms with E-state index in [4.69, 9.17) is 9.47 Å². The molecule has 3 aromatic rings. The van der Waals surface area contributed by atoms with E-state index in [1.165, 1.54) is 11.3 Å². The first-order valence-electron chi connectivity index (χ1n) is 8.44. The predicted octanol–water partition coefficient (Wildman–Crippen LogP) is 5.20. The number of thiophene rings is 1. The maximum absolute atomic E-state index is 12.7. The lowest BCUT2D eigenvalue weighted by Gasteiger charge is -2.09. The fourth-order valence-electron chi connectivity index (χ4n) is 2.91. The van der Waals surface area contributed by atoms with Crippen molar-refractivity contribution >= 4 is 29.2 Å². The van der Waals surface area contributed by atoms with E-state index < -0.39 is 5.97 Å². The zero-order valence-corrected chi connectivity index (χ0v) is 15.6. The van der Waals surface area contributed by atoms with E-state index in [1.807, 2.05) is 36.6 Å². The van der Waals surface area contributed by atoms with E-state index in [0.717, 1.165) is 11.1 Å². The van der Waals surface area contributed by atoms with Crippen LogP contribution < -0.4 is 9.47 Å². The number of fused-ring (bicyclic) bond motifs is 1. The van der Waals surface area contributed by atoms with Gasteiger partial charge in [0.2, 0.25) is 5.78 Å². The van der Waals surface area contributed by atoms with E-state index >= 15 is 0 Å². The molecule has 1 aliphatic rings. The van der Waals surface area contributed by atoms with E-state index in [1.54, 1.807) is 37.3 Å². The first-order valence-corrected chi connectivity index (χ1v) is 9.31. The predicted molar refractivity (Wildman–Crippen MR) is 105 cm³/mol. The third kappa shape index (κ3) is 3.17. The molecule has 1 aromatic heterocycles. The van der Waals surface area contributed by atoms with Crippen molar-refractivity contribution in [2.75, 3.05) is 0 Å². The molecule has 0 saturated carbocycles. The first-order chi connectivity index (χ1) is 13.0. The summed E-state index contributed by atoms with van der Waals surface area (Å²) in [5.74, 6) is 0.498. The van der Waals surface area contributed by atoms with Crippen LogP contribution in [0, 0.1) is 13.8 Å². The normalized spacial score (nSPS) is 14.1. The van der Waals surface area contributed by atoms with Crippen LogP contribution in [0.15, 0.2) is 59.7 Å². The number of allylic oxidation sites excluding steroid dienone is 1. The van der Waals surface area contributed by atoms with Crippen LogP contribution in [0.5, 0.6) is 11.5 Å². The summed E-state index contributed by atoms with van der Waals surface area (Å²) in [5, 5.41) is 1.82. The highest BCUT2D eigenvalue weighted by molar-refractivity contribution is 7.12. The van der Waals surface area contributed by atoms with Gasteiger partial charge in [-0.2, -0.15) is 0 Å². The SMILES string of the molecule is Cc1ccccc1/C=C1\Oc2c(ccc(OC(=O)c3cccs3)c2C)C1=O. The molecule has 0 saturated heterocycles. The highest BCUT2D eigenvalue weighted by Gasteiger charge is 2.30. The van der Waals surface area contributed by atoms with E-state index in [2.05, 4.69) is 0 Å². The summed E-state index contributed by atoms with van der Waals surface area (Å²) in [6.07, 6.45) is 1.74. The minimum Gasteiger partial charge on any atom is -0.452 e. The Morgan fingerprint density at radius 1 is 1.07 bits per heavy atom. The van der Waals surface area contributed by atoms with Crippen molar-refractivity contribution < 1.29 is 19.1 Å². The van der Waals surface area contributed by atoms with Gasteiger partial charge in [0.25, 0.3) is 0 Å². The van der Waals surface area contributed by atoms with Gasteiger partial charge in [-0.05, 0) is 54.6 Å². The highest BCUT2D eigenvalue weighted by Crippen LogP contribution is 2.39. The standard InChI is InChI=1S/C22H16O4S/c1-13-6-3-4-7-15(13)12-18-20(23)16-9-10-17(14(2)21(16)25-18)26-22(24)19-8-5-11-27-19/h3-12H,1-2H3/b18-12-. The molecule has 1 aliphatic heterocycles. The van der Waals surface area contributed by atoms with Gasteiger partial charge in [-0.25, -0.2) is 4.79 Å². The number of Topliss-reactive ketones (excluding diaryl/α,β-unsaturated/α-hetero) is 1. The molecule has 4 rings (SSSR count). The van der Waals surface area contributed by atoms with E-state index in [0.29, 0.717) is 27.5 Å². The Morgan fingerprint density at radius 2 is 1.89 bits per heavy atom. The Balaban J connectivity index is 1.65. The first kappa shape index (κ1) is 17.2. The molecule has 0 unspecified atom stereocenters. The van der Waals surface area contributed by atoms with E-state index in [9.17, 15) is 9.59 Å². The van der Waals surface area contributed by atoms with Gasteiger partial charge < -0.3 is 9.47 Å². The molecular weight excluding hydrogens is 360 g/mol. The summed E-state index contributed by atoms with van der Waals surface area (Å²) in [6, 6.07) is 14.6. The second kappa shape index (κ2) is 6.85. The second-order valence-corrected chi connectivity index (χ2v) is 7.18. The van der Waals surface area contributed by atoms with Gasteiger partial charge in [-0.1, -0.05) is 30.3 Å². The summed E-state index contributed by atoms with van der Waals surface area (Å²) in [7, 11) is 0. The van der Waals surface area contributed by atoms with Gasteiger partial charge in [-0.3, -0.25) is 4.79 Å². The van der Waals surface area contributed by atoms with Crippen LogP contribution in [-0.2, 0) is 0 Å². The maximum Gasteiger partial charge on any atom is 0.353 e. The lowest BCUT2D eigenvalue weighted by atomic mass is 10.0. The van der Waals surface area contributed by atoms with Crippen molar-refractivity contribution in [3.63, 3.8) is 0 Å². The lowest BCUT2D eigenvalue weighted by molar-refractivity contribution is 0.0738. The number of esters is 1. The summed E-state index contributed by atoms with van der Waals surface area (Å²) < 4.78 is 11.3.